The molecule has 0 bridgehead atoms. The van der Waals surface area contributed by atoms with Crippen molar-refractivity contribution in [1.29, 1.82) is 0 Å². The third-order valence-corrected chi connectivity index (χ3v) is 3.98. The highest BCUT2D eigenvalue weighted by Crippen LogP contribution is 2.33. The second-order valence-corrected chi connectivity index (χ2v) is 5.28. The lowest BCUT2D eigenvalue weighted by atomic mass is 10.1. The summed E-state index contributed by atoms with van der Waals surface area (Å²) in [5.41, 5.74) is 2.77. The molecule has 96 valence electrons. The van der Waals surface area contributed by atoms with Gasteiger partial charge in [-0.1, -0.05) is 47.5 Å². The fourth-order valence-corrected chi connectivity index (χ4v) is 2.94. The predicted molar refractivity (Wildman–Crippen MR) is 74.0 cm³/mol. The van der Waals surface area contributed by atoms with Gasteiger partial charge in [0, 0.05) is 5.92 Å². The van der Waals surface area contributed by atoms with Crippen LogP contribution in [0.25, 0.3) is 0 Å². The Bertz CT molecular complexity index is 610. The number of carbonyl (C=O) groups is 1. The first kappa shape index (κ1) is 12.6. The molecule has 0 spiro atoms. The Morgan fingerprint density at radius 3 is 2.05 bits per heavy atom. The van der Waals surface area contributed by atoms with E-state index in [1.54, 1.807) is 0 Å². The van der Waals surface area contributed by atoms with E-state index in [0.29, 0.717) is 12.1 Å². The first-order chi connectivity index (χ1) is 9.19. The Hall–Kier alpha value is -1.45. The maximum Gasteiger partial charge on any atom is 0.156 e. The maximum atomic E-state index is 10.8. The number of aldehydes is 1. The van der Waals surface area contributed by atoms with Crippen molar-refractivity contribution in [1.82, 2.24) is 9.97 Å². The first-order valence-electron chi connectivity index (χ1n) is 5.94. The van der Waals surface area contributed by atoms with E-state index in [1.165, 1.54) is 11.1 Å². The van der Waals surface area contributed by atoms with E-state index in [4.69, 9.17) is 23.2 Å². The van der Waals surface area contributed by atoms with Crippen LogP contribution in [-0.4, -0.2) is 16.3 Å². The molecule has 0 atom stereocenters. The number of fused-ring (bicyclic) bond motifs is 1. The van der Waals surface area contributed by atoms with Crippen LogP contribution in [0.5, 0.6) is 0 Å². The van der Waals surface area contributed by atoms with Crippen molar-refractivity contribution in [2.75, 3.05) is 0 Å². The van der Waals surface area contributed by atoms with Gasteiger partial charge in [0.05, 0.1) is 5.56 Å². The van der Waals surface area contributed by atoms with Crippen molar-refractivity contribution in [2.45, 2.75) is 18.8 Å². The van der Waals surface area contributed by atoms with Crippen molar-refractivity contribution in [3.63, 3.8) is 0 Å². The quantitative estimate of drug-likeness (QED) is 0.629. The number of aromatic nitrogens is 2. The molecule has 2 aromatic rings. The van der Waals surface area contributed by atoms with Gasteiger partial charge in [0.25, 0.3) is 0 Å². The summed E-state index contributed by atoms with van der Waals surface area (Å²) in [5.74, 6) is 0.782. The summed E-state index contributed by atoms with van der Waals surface area (Å²) in [5, 5.41) is 0.252. The zero-order valence-electron chi connectivity index (χ0n) is 9.94. The van der Waals surface area contributed by atoms with Crippen LogP contribution in [0.15, 0.2) is 24.3 Å². The smallest absolute Gasteiger partial charge is 0.156 e. The van der Waals surface area contributed by atoms with Gasteiger partial charge in [0.1, 0.15) is 16.1 Å². The van der Waals surface area contributed by atoms with E-state index in [1.807, 2.05) is 12.1 Å². The normalized spacial score (nSPS) is 14.4. The van der Waals surface area contributed by atoms with Crippen LogP contribution in [0.3, 0.4) is 0 Å². The van der Waals surface area contributed by atoms with Crippen LogP contribution in [0.2, 0.25) is 10.3 Å². The molecule has 3 rings (SSSR count). The lowest BCUT2D eigenvalue weighted by molar-refractivity contribution is 0.112. The third-order valence-electron chi connectivity index (χ3n) is 3.40. The van der Waals surface area contributed by atoms with E-state index >= 15 is 0 Å². The standard InChI is InChI=1S/C14H10Cl2N2O/c15-12-11(7-19)13(16)18-14(17-12)10-5-8-3-1-2-4-9(8)6-10/h1-4,7,10H,5-6H2. The zero-order chi connectivity index (χ0) is 13.4. The van der Waals surface area contributed by atoms with Crippen molar-refractivity contribution >= 4 is 29.5 Å². The van der Waals surface area contributed by atoms with Gasteiger partial charge in [-0.3, -0.25) is 4.79 Å². The molecule has 0 aliphatic heterocycles. The molecule has 1 aromatic carbocycles. The Morgan fingerprint density at radius 2 is 1.58 bits per heavy atom. The van der Waals surface area contributed by atoms with Crippen LogP contribution in [0, 0.1) is 0 Å². The highest BCUT2D eigenvalue weighted by Gasteiger charge is 2.26. The summed E-state index contributed by atoms with van der Waals surface area (Å²) in [4.78, 5) is 19.2. The molecule has 1 heterocycles. The van der Waals surface area contributed by atoms with Gasteiger partial charge in [-0.2, -0.15) is 0 Å². The van der Waals surface area contributed by atoms with Crippen LogP contribution in [0.1, 0.15) is 33.2 Å². The van der Waals surface area contributed by atoms with Gasteiger partial charge in [0.2, 0.25) is 0 Å². The van der Waals surface area contributed by atoms with Crippen LogP contribution in [-0.2, 0) is 12.8 Å². The van der Waals surface area contributed by atoms with E-state index in [-0.39, 0.29) is 21.8 Å². The minimum absolute atomic E-state index is 0.126. The number of rotatable bonds is 2. The van der Waals surface area contributed by atoms with Gasteiger partial charge in [0.15, 0.2) is 6.29 Å². The highest BCUT2D eigenvalue weighted by atomic mass is 35.5. The topological polar surface area (TPSA) is 42.9 Å². The fourth-order valence-electron chi connectivity index (χ4n) is 2.45. The molecule has 0 unspecified atom stereocenters. The molecule has 0 fully saturated rings. The minimum atomic E-state index is 0.126. The molecule has 1 aliphatic rings. The Balaban J connectivity index is 1.96. The maximum absolute atomic E-state index is 10.8. The number of nitrogens with zero attached hydrogens (tertiary/aromatic N) is 2. The number of halogens is 2. The molecule has 1 aliphatic carbocycles. The lowest BCUT2D eigenvalue weighted by Crippen LogP contribution is -2.07. The fraction of sp³-hybridized carbons (Fsp3) is 0.214. The minimum Gasteiger partial charge on any atom is -0.298 e. The predicted octanol–water partition coefficient (Wildman–Crippen LogP) is 3.48. The summed E-state index contributed by atoms with van der Waals surface area (Å²) in [7, 11) is 0. The Morgan fingerprint density at radius 1 is 1.05 bits per heavy atom. The molecule has 0 radical (unpaired) electrons. The SMILES string of the molecule is O=Cc1c(Cl)nc(C2Cc3ccccc3C2)nc1Cl. The summed E-state index contributed by atoms with van der Waals surface area (Å²) in [6.07, 6.45) is 2.34. The molecule has 0 amide bonds. The largest absolute Gasteiger partial charge is 0.298 e. The Labute approximate surface area is 120 Å². The van der Waals surface area contributed by atoms with Crippen molar-refractivity contribution in [3.05, 3.63) is 57.1 Å². The molecule has 5 heteroatoms. The van der Waals surface area contributed by atoms with E-state index < -0.39 is 0 Å². The van der Waals surface area contributed by atoms with Gasteiger partial charge < -0.3 is 0 Å². The van der Waals surface area contributed by atoms with E-state index in [9.17, 15) is 4.79 Å². The van der Waals surface area contributed by atoms with Gasteiger partial charge in [-0.25, -0.2) is 9.97 Å². The van der Waals surface area contributed by atoms with Crippen LogP contribution in [0.4, 0.5) is 0 Å². The summed E-state index contributed by atoms with van der Waals surface area (Å²) in [6.45, 7) is 0. The van der Waals surface area contributed by atoms with E-state index in [0.717, 1.165) is 12.8 Å². The number of hydrogen-bond acceptors (Lipinski definition) is 3. The monoisotopic (exact) mass is 292 g/mol. The van der Waals surface area contributed by atoms with Crippen molar-refractivity contribution < 1.29 is 4.79 Å². The molecular weight excluding hydrogens is 283 g/mol. The molecule has 0 saturated heterocycles. The Kier molecular flexibility index (Phi) is 3.25. The number of benzene rings is 1. The van der Waals surface area contributed by atoms with E-state index in [2.05, 4.69) is 22.1 Å². The molecular formula is C14H10Cl2N2O. The average Bonchev–Trinajstić information content (AvgIpc) is 2.82. The second-order valence-electron chi connectivity index (χ2n) is 4.57. The summed E-state index contributed by atoms with van der Waals surface area (Å²) >= 11 is 11.9. The average molecular weight is 293 g/mol. The van der Waals surface area contributed by atoms with Crippen molar-refractivity contribution in [2.24, 2.45) is 0 Å². The third kappa shape index (κ3) is 2.24. The highest BCUT2D eigenvalue weighted by molar-refractivity contribution is 6.36. The van der Waals surface area contributed by atoms with Gasteiger partial charge >= 0.3 is 0 Å². The van der Waals surface area contributed by atoms with Gasteiger partial charge in [-0.15, -0.1) is 0 Å². The van der Waals surface area contributed by atoms with Crippen LogP contribution >= 0.6 is 23.2 Å². The molecule has 3 nitrogen and oxygen atoms in total. The summed E-state index contributed by atoms with van der Waals surface area (Å²) in [6, 6.07) is 8.27. The zero-order valence-corrected chi connectivity index (χ0v) is 11.4. The first-order valence-corrected chi connectivity index (χ1v) is 6.69. The molecule has 19 heavy (non-hydrogen) atoms. The van der Waals surface area contributed by atoms with Crippen LogP contribution < -0.4 is 0 Å². The summed E-state index contributed by atoms with van der Waals surface area (Å²) < 4.78 is 0. The lowest BCUT2D eigenvalue weighted by Gasteiger charge is -2.09. The molecule has 1 aromatic heterocycles. The molecule has 0 N–H and O–H groups in total. The number of hydrogen-bond donors (Lipinski definition) is 0. The number of carbonyl (C=O) groups excluding carboxylic acids is 1. The molecule has 0 saturated carbocycles. The van der Waals surface area contributed by atoms with Gasteiger partial charge in [-0.05, 0) is 24.0 Å². The second kappa shape index (κ2) is 4.91. The van der Waals surface area contributed by atoms with Crippen molar-refractivity contribution in [3.8, 4) is 0 Å².